The molecule has 18 heavy (non-hydrogen) atoms. The number of ether oxygens (including phenoxy) is 1. The van der Waals surface area contributed by atoms with Crippen LogP contribution in [-0.2, 0) is 20.2 Å². The summed E-state index contributed by atoms with van der Waals surface area (Å²) in [6.07, 6.45) is 0. The number of halogens is 1. The summed E-state index contributed by atoms with van der Waals surface area (Å²) in [6, 6.07) is 6.64. The first-order valence-corrected chi connectivity index (χ1v) is 5.71. The molecule has 4 nitrogen and oxygen atoms in total. The lowest BCUT2D eigenvalue weighted by molar-refractivity contribution is 0.293. The van der Waals surface area contributed by atoms with E-state index in [1.54, 1.807) is 16.8 Å². The fourth-order valence-corrected chi connectivity index (χ4v) is 1.74. The van der Waals surface area contributed by atoms with Gasteiger partial charge in [-0.3, -0.25) is 4.68 Å². The van der Waals surface area contributed by atoms with Crippen LogP contribution >= 0.6 is 0 Å². The summed E-state index contributed by atoms with van der Waals surface area (Å²) >= 11 is 0. The second-order valence-electron chi connectivity index (χ2n) is 4.15. The maximum atomic E-state index is 13.5. The van der Waals surface area contributed by atoms with Gasteiger partial charge in [0.05, 0.1) is 11.4 Å². The summed E-state index contributed by atoms with van der Waals surface area (Å²) in [5.74, 6) is 0.153. The second kappa shape index (κ2) is 5.18. The molecule has 0 spiro atoms. The molecule has 0 unspecified atom stereocenters. The van der Waals surface area contributed by atoms with Gasteiger partial charge in [-0.2, -0.15) is 5.10 Å². The molecule has 0 aliphatic rings. The number of hydrogen-bond acceptors (Lipinski definition) is 3. The molecule has 1 aromatic carbocycles. The van der Waals surface area contributed by atoms with Gasteiger partial charge in [-0.15, -0.1) is 0 Å². The highest BCUT2D eigenvalue weighted by molar-refractivity contribution is 5.29. The van der Waals surface area contributed by atoms with Crippen LogP contribution in [0.5, 0.6) is 5.75 Å². The average Bonchev–Trinajstić information content (AvgIpc) is 2.65. The van der Waals surface area contributed by atoms with Gasteiger partial charge in [0.2, 0.25) is 0 Å². The first-order chi connectivity index (χ1) is 8.60. The molecule has 0 aliphatic carbocycles. The van der Waals surface area contributed by atoms with Gasteiger partial charge < -0.3 is 10.5 Å². The number of rotatable bonds is 4. The van der Waals surface area contributed by atoms with Crippen molar-refractivity contribution in [1.29, 1.82) is 0 Å². The van der Waals surface area contributed by atoms with Gasteiger partial charge >= 0.3 is 0 Å². The van der Waals surface area contributed by atoms with E-state index in [4.69, 9.17) is 10.5 Å². The minimum absolute atomic E-state index is 0.188. The number of nitrogens with two attached hydrogens (primary N) is 1. The Morgan fingerprint density at radius 2 is 2.17 bits per heavy atom. The minimum atomic E-state index is -0.337. The molecule has 2 aromatic rings. The molecule has 0 fully saturated rings. The Bertz CT molecular complexity index is 551. The third-order valence-electron chi connectivity index (χ3n) is 2.73. The normalized spacial score (nSPS) is 10.7. The van der Waals surface area contributed by atoms with E-state index in [1.165, 1.54) is 6.07 Å². The van der Waals surface area contributed by atoms with Crippen molar-refractivity contribution in [2.45, 2.75) is 20.1 Å². The average molecular weight is 249 g/mol. The highest BCUT2D eigenvalue weighted by Crippen LogP contribution is 2.17. The third-order valence-corrected chi connectivity index (χ3v) is 2.73. The number of aromatic nitrogens is 2. The van der Waals surface area contributed by atoms with Gasteiger partial charge in [0, 0.05) is 25.2 Å². The molecule has 0 amide bonds. The Labute approximate surface area is 105 Å². The lowest BCUT2D eigenvalue weighted by Gasteiger charge is -2.07. The number of benzene rings is 1. The summed E-state index contributed by atoms with van der Waals surface area (Å²) in [4.78, 5) is 0. The first kappa shape index (κ1) is 12.6. The first-order valence-electron chi connectivity index (χ1n) is 5.71. The third kappa shape index (κ3) is 2.68. The molecule has 2 N–H and O–H groups in total. The predicted molar refractivity (Wildman–Crippen MR) is 66.6 cm³/mol. The topological polar surface area (TPSA) is 53.1 Å². The Morgan fingerprint density at radius 1 is 1.39 bits per heavy atom. The van der Waals surface area contributed by atoms with Crippen LogP contribution in [0.2, 0.25) is 0 Å². The lowest BCUT2D eigenvalue weighted by Crippen LogP contribution is -2.04. The number of hydrogen-bond donors (Lipinski definition) is 1. The standard InChI is InChI=1S/C13H16FN3O/c1-9-5-11(17(2)16-9)8-18-12-4-3-10(7-15)13(14)6-12/h3-6H,7-8,15H2,1-2H3. The molecule has 0 saturated heterocycles. The van der Waals surface area contributed by atoms with Crippen molar-refractivity contribution in [3.05, 3.63) is 47.0 Å². The van der Waals surface area contributed by atoms with Crippen molar-refractivity contribution in [3.63, 3.8) is 0 Å². The van der Waals surface area contributed by atoms with Crippen LogP contribution in [0.3, 0.4) is 0 Å². The zero-order valence-corrected chi connectivity index (χ0v) is 10.5. The smallest absolute Gasteiger partial charge is 0.131 e. The molecular formula is C13H16FN3O. The molecule has 0 atom stereocenters. The van der Waals surface area contributed by atoms with E-state index in [-0.39, 0.29) is 12.4 Å². The van der Waals surface area contributed by atoms with Crippen molar-refractivity contribution in [2.24, 2.45) is 12.8 Å². The van der Waals surface area contributed by atoms with Crippen molar-refractivity contribution in [1.82, 2.24) is 9.78 Å². The number of aryl methyl sites for hydroxylation is 2. The maximum Gasteiger partial charge on any atom is 0.131 e. The summed E-state index contributed by atoms with van der Waals surface area (Å²) < 4.78 is 20.8. The Balaban J connectivity index is 2.06. The maximum absolute atomic E-state index is 13.5. The second-order valence-corrected chi connectivity index (χ2v) is 4.15. The van der Waals surface area contributed by atoms with Gasteiger partial charge in [-0.05, 0) is 19.1 Å². The Morgan fingerprint density at radius 3 is 2.72 bits per heavy atom. The molecule has 5 heteroatoms. The van der Waals surface area contributed by atoms with Gasteiger partial charge in [0.15, 0.2) is 0 Å². The molecule has 0 aliphatic heterocycles. The molecule has 1 aromatic heterocycles. The number of nitrogens with zero attached hydrogens (tertiary/aromatic N) is 2. The fourth-order valence-electron chi connectivity index (χ4n) is 1.74. The Kier molecular flexibility index (Phi) is 3.62. The van der Waals surface area contributed by atoms with Gasteiger partial charge in [-0.1, -0.05) is 6.07 Å². The van der Waals surface area contributed by atoms with Crippen molar-refractivity contribution >= 4 is 0 Å². The van der Waals surface area contributed by atoms with Gasteiger partial charge in [0.1, 0.15) is 18.2 Å². The minimum Gasteiger partial charge on any atom is -0.487 e. The van der Waals surface area contributed by atoms with Crippen molar-refractivity contribution in [2.75, 3.05) is 0 Å². The van der Waals surface area contributed by atoms with E-state index >= 15 is 0 Å². The fraction of sp³-hybridized carbons (Fsp3) is 0.308. The van der Waals surface area contributed by atoms with E-state index in [0.717, 1.165) is 11.4 Å². The van der Waals surface area contributed by atoms with Gasteiger partial charge in [-0.25, -0.2) is 4.39 Å². The zero-order valence-electron chi connectivity index (χ0n) is 10.5. The molecule has 96 valence electrons. The van der Waals surface area contributed by atoms with Crippen molar-refractivity contribution < 1.29 is 9.13 Å². The molecule has 0 bridgehead atoms. The van der Waals surface area contributed by atoms with E-state index in [0.29, 0.717) is 17.9 Å². The summed E-state index contributed by atoms with van der Waals surface area (Å²) in [5, 5.41) is 4.21. The van der Waals surface area contributed by atoms with E-state index < -0.39 is 0 Å². The SMILES string of the molecule is Cc1cc(COc2ccc(CN)c(F)c2)n(C)n1. The predicted octanol–water partition coefficient (Wildman–Crippen LogP) is 1.91. The summed E-state index contributed by atoms with van der Waals surface area (Å²) in [5.41, 5.74) is 7.75. The molecule has 0 radical (unpaired) electrons. The van der Waals surface area contributed by atoms with E-state index in [9.17, 15) is 4.39 Å². The van der Waals surface area contributed by atoms with Crippen LogP contribution in [0.4, 0.5) is 4.39 Å². The monoisotopic (exact) mass is 249 g/mol. The lowest BCUT2D eigenvalue weighted by atomic mass is 10.2. The highest BCUT2D eigenvalue weighted by Gasteiger charge is 2.05. The van der Waals surface area contributed by atoms with E-state index in [1.807, 2.05) is 20.0 Å². The molecule has 0 saturated carbocycles. The summed E-state index contributed by atoms with van der Waals surface area (Å²) in [6.45, 7) is 2.46. The largest absolute Gasteiger partial charge is 0.487 e. The Hall–Kier alpha value is -1.88. The van der Waals surface area contributed by atoms with Crippen molar-refractivity contribution in [3.8, 4) is 5.75 Å². The van der Waals surface area contributed by atoms with E-state index in [2.05, 4.69) is 5.10 Å². The molecule has 2 rings (SSSR count). The molecular weight excluding hydrogens is 233 g/mol. The van der Waals surface area contributed by atoms with Crippen LogP contribution in [-0.4, -0.2) is 9.78 Å². The van der Waals surface area contributed by atoms with Crippen LogP contribution in [0, 0.1) is 12.7 Å². The quantitative estimate of drug-likeness (QED) is 0.900. The highest BCUT2D eigenvalue weighted by atomic mass is 19.1. The zero-order chi connectivity index (χ0) is 13.1. The van der Waals surface area contributed by atoms with Crippen LogP contribution < -0.4 is 10.5 Å². The van der Waals surface area contributed by atoms with Crippen LogP contribution in [0.25, 0.3) is 0 Å². The summed E-state index contributed by atoms with van der Waals surface area (Å²) in [7, 11) is 1.85. The molecule has 1 heterocycles. The van der Waals surface area contributed by atoms with Gasteiger partial charge in [0.25, 0.3) is 0 Å². The van der Waals surface area contributed by atoms with Crippen LogP contribution in [0.15, 0.2) is 24.3 Å². The van der Waals surface area contributed by atoms with Crippen LogP contribution in [0.1, 0.15) is 17.0 Å².